The van der Waals surface area contributed by atoms with Crippen molar-refractivity contribution in [3.05, 3.63) is 83.9 Å². The van der Waals surface area contributed by atoms with Gasteiger partial charge in [-0.3, -0.25) is 9.59 Å². The van der Waals surface area contributed by atoms with E-state index in [1.165, 1.54) is 34.7 Å². The van der Waals surface area contributed by atoms with Gasteiger partial charge in [0.2, 0.25) is 11.8 Å². The number of nitrogens with one attached hydrogen (secondary N) is 2. The third kappa shape index (κ3) is 6.97. The molecule has 4 nitrogen and oxygen atoms in total. The molecule has 6 heteroatoms. The molecule has 0 aromatic heterocycles. The molecule has 3 aromatic carbocycles. The molecule has 30 heavy (non-hydrogen) atoms. The van der Waals surface area contributed by atoms with Crippen molar-refractivity contribution in [1.29, 1.82) is 0 Å². The molecule has 0 bridgehead atoms. The fourth-order valence-electron chi connectivity index (χ4n) is 2.64. The Bertz CT molecular complexity index is 920. The van der Waals surface area contributed by atoms with Crippen LogP contribution in [0.4, 0.5) is 11.4 Å². The van der Waals surface area contributed by atoms with Gasteiger partial charge < -0.3 is 10.6 Å². The molecule has 0 aliphatic carbocycles. The molecule has 0 heterocycles. The van der Waals surface area contributed by atoms with Crippen LogP contribution < -0.4 is 10.6 Å². The minimum atomic E-state index is -0.115. The summed E-state index contributed by atoms with van der Waals surface area (Å²) >= 11 is 2.96. The minimum absolute atomic E-state index is 0.115. The van der Waals surface area contributed by atoms with Crippen molar-refractivity contribution in [2.45, 2.75) is 23.6 Å². The summed E-state index contributed by atoms with van der Waals surface area (Å²) in [5.41, 5.74) is 3.57. The summed E-state index contributed by atoms with van der Waals surface area (Å²) in [6, 6.07) is 23.4. The maximum absolute atomic E-state index is 12.4. The summed E-state index contributed by atoms with van der Waals surface area (Å²) < 4.78 is 0. The van der Waals surface area contributed by atoms with Crippen molar-refractivity contribution in [1.82, 2.24) is 0 Å². The number of para-hydroxylation sites is 2. The molecular weight excluding hydrogens is 412 g/mol. The van der Waals surface area contributed by atoms with Gasteiger partial charge in [0.15, 0.2) is 0 Å². The second kappa shape index (κ2) is 10.9. The van der Waals surface area contributed by atoms with Crippen LogP contribution in [0, 0.1) is 13.8 Å². The first-order valence-electron chi connectivity index (χ1n) is 9.57. The van der Waals surface area contributed by atoms with Gasteiger partial charge in [-0.1, -0.05) is 47.5 Å². The fraction of sp³-hybridized carbons (Fsp3) is 0.167. The van der Waals surface area contributed by atoms with Crippen molar-refractivity contribution < 1.29 is 9.59 Å². The van der Waals surface area contributed by atoms with Crippen LogP contribution in [-0.2, 0) is 9.59 Å². The number of benzene rings is 3. The number of amides is 2. The van der Waals surface area contributed by atoms with E-state index in [-0.39, 0.29) is 11.8 Å². The first-order valence-corrected chi connectivity index (χ1v) is 11.5. The first-order chi connectivity index (χ1) is 14.5. The lowest BCUT2D eigenvalue weighted by Gasteiger charge is -2.12. The number of thioether (sulfide) groups is 2. The van der Waals surface area contributed by atoms with Crippen LogP contribution in [0.2, 0.25) is 0 Å². The predicted molar refractivity (Wildman–Crippen MR) is 128 cm³/mol. The van der Waals surface area contributed by atoms with Crippen LogP contribution in [0.5, 0.6) is 0 Å². The normalized spacial score (nSPS) is 10.5. The van der Waals surface area contributed by atoms with E-state index in [9.17, 15) is 9.59 Å². The maximum Gasteiger partial charge on any atom is 0.234 e. The molecule has 0 aliphatic heterocycles. The summed E-state index contributed by atoms with van der Waals surface area (Å²) in [7, 11) is 0. The monoisotopic (exact) mass is 436 g/mol. The molecule has 2 N–H and O–H groups in total. The van der Waals surface area contributed by atoms with Crippen molar-refractivity contribution in [3.8, 4) is 0 Å². The smallest absolute Gasteiger partial charge is 0.234 e. The van der Waals surface area contributed by atoms with Gasteiger partial charge in [-0.05, 0) is 50.2 Å². The Kier molecular flexibility index (Phi) is 7.99. The van der Waals surface area contributed by atoms with Crippen LogP contribution in [0.1, 0.15) is 11.1 Å². The number of rotatable bonds is 8. The molecule has 0 saturated carbocycles. The lowest BCUT2D eigenvalue weighted by Crippen LogP contribution is -2.18. The van der Waals surface area contributed by atoms with E-state index in [0.29, 0.717) is 22.9 Å². The van der Waals surface area contributed by atoms with Gasteiger partial charge >= 0.3 is 0 Å². The predicted octanol–water partition coefficient (Wildman–Crippen LogP) is 5.77. The molecule has 0 aliphatic rings. The number of hydrogen-bond donors (Lipinski definition) is 2. The molecule has 0 saturated heterocycles. The van der Waals surface area contributed by atoms with E-state index in [1.54, 1.807) is 12.1 Å². The Morgan fingerprint density at radius 2 is 1.00 bits per heavy atom. The second-order valence-electron chi connectivity index (χ2n) is 6.85. The molecule has 3 rings (SSSR count). The zero-order valence-electron chi connectivity index (χ0n) is 17.0. The van der Waals surface area contributed by atoms with Crippen LogP contribution in [-0.4, -0.2) is 23.3 Å². The van der Waals surface area contributed by atoms with Gasteiger partial charge in [0, 0.05) is 9.79 Å². The quantitative estimate of drug-likeness (QED) is 0.441. The van der Waals surface area contributed by atoms with E-state index in [2.05, 4.69) is 10.6 Å². The zero-order chi connectivity index (χ0) is 21.3. The van der Waals surface area contributed by atoms with Gasteiger partial charge in [0.05, 0.1) is 22.9 Å². The largest absolute Gasteiger partial charge is 0.324 e. The summed E-state index contributed by atoms with van der Waals surface area (Å²) in [4.78, 5) is 26.9. The fourth-order valence-corrected chi connectivity index (χ4v) is 4.04. The number of aryl methyl sites for hydroxylation is 2. The van der Waals surface area contributed by atoms with Crippen LogP contribution >= 0.6 is 23.5 Å². The van der Waals surface area contributed by atoms with E-state index in [4.69, 9.17) is 0 Å². The summed E-state index contributed by atoms with van der Waals surface area (Å²) in [5, 5.41) is 5.79. The Morgan fingerprint density at radius 3 is 1.37 bits per heavy atom. The molecule has 0 spiro atoms. The summed E-state index contributed by atoms with van der Waals surface area (Å²) in [6.07, 6.45) is 0. The highest BCUT2D eigenvalue weighted by molar-refractivity contribution is 8.00. The molecular formula is C24H24N2O2S2. The maximum atomic E-state index is 12.4. The first kappa shape index (κ1) is 22.0. The van der Waals surface area contributed by atoms with Gasteiger partial charge in [-0.15, -0.1) is 23.5 Å². The highest BCUT2D eigenvalue weighted by Crippen LogP contribution is 2.24. The topological polar surface area (TPSA) is 58.2 Å². The van der Waals surface area contributed by atoms with Crippen molar-refractivity contribution >= 4 is 46.7 Å². The van der Waals surface area contributed by atoms with Crippen LogP contribution in [0.15, 0.2) is 82.6 Å². The number of hydrogen-bond acceptors (Lipinski definition) is 4. The third-order valence-corrected chi connectivity index (χ3v) is 6.28. The van der Waals surface area contributed by atoms with Crippen molar-refractivity contribution in [2.24, 2.45) is 0 Å². The zero-order valence-corrected chi connectivity index (χ0v) is 18.6. The minimum Gasteiger partial charge on any atom is -0.324 e. The summed E-state index contributed by atoms with van der Waals surface area (Å²) in [6.45, 7) is 4.07. The molecule has 3 aromatic rings. The lowest BCUT2D eigenvalue weighted by molar-refractivity contribution is -0.114. The lowest BCUT2D eigenvalue weighted by atomic mass is 10.2. The third-order valence-electron chi connectivity index (χ3n) is 4.26. The van der Waals surface area contributed by atoms with Gasteiger partial charge in [-0.25, -0.2) is 0 Å². The Morgan fingerprint density at radius 1 is 0.633 bits per heavy atom. The Balaban J connectivity index is 1.52. The highest BCUT2D eigenvalue weighted by atomic mass is 32.2. The van der Waals surface area contributed by atoms with Crippen LogP contribution in [0.3, 0.4) is 0 Å². The molecule has 0 atom stereocenters. The average Bonchev–Trinajstić information content (AvgIpc) is 2.74. The molecule has 0 unspecified atom stereocenters. The van der Waals surface area contributed by atoms with E-state index >= 15 is 0 Å². The molecule has 2 amide bonds. The van der Waals surface area contributed by atoms with Crippen molar-refractivity contribution in [2.75, 3.05) is 22.1 Å². The van der Waals surface area contributed by atoms with E-state index in [0.717, 1.165) is 9.79 Å². The summed E-state index contributed by atoms with van der Waals surface area (Å²) in [5.74, 6) is 0.371. The number of carbonyl (C=O) groups is 2. The van der Waals surface area contributed by atoms with E-state index in [1.807, 2.05) is 74.5 Å². The Hall–Kier alpha value is -2.70. The molecule has 0 radical (unpaired) electrons. The van der Waals surface area contributed by atoms with Crippen molar-refractivity contribution in [3.63, 3.8) is 0 Å². The van der Waals surface area contributed by atoms with Gasteiger partial charge in [-0.2, -0.15) is 0 Å². The number of carbonyl (C=O) groups excluding carboxylic acids is 2. The highest BCUT2D eigenvalue weighted by Gasteiger charge is 2.10. The van der Waals surface area contributed by atoms with Gasteiger partial charge in [0.1, 0.15) is 0 Å². The van der Waals surface area contributed by atoms with Crippen LogP contribution in [0.25, 0.3) is 0 Å². The molecule has 154 valence electrons. The number of anilines is 2. The second-order valence-corrected chi connectivity index (χ2v) is 8.94. The van der Waals surface area contributed by atoms with E-state index < -0.39 is 0 Å². The average molecular weight is 437 g/mol. The SMILES string of the molecule is Cc1ccc(SCC(=O)Nc2ccccc2NC(=O)CSc2ccc(C)cc2)cc1. The standard InChI is InChI=1S/C24H24N2O2S2/c1-17-7-11-19(12-8-17)29-15-23(27)25-21-5-3-4-6-22(21)26-24(28)16-30-20-13-9-18(2)10-14-20/h3-14H,15-16H2,1-2H3,(H,25,27)(H,26,28). The molecule has 0 fully saturated rings. The Labute approximate surface area is 185 Å². The van der Waals surface area contributed by atoms with Gasteiger partial charge in [0.25, 0.3) is 0 Å².